The number of rotatable bonds is 4. The Balaban J connectivity index is 1.56. The third-order valence-corrected chi connectivity index (χ3v) is 7.22. The molecule has 0 saturated carbocycles. The normalized spacial score (nSPS) is 19.2. The molecule has 0 aromatic heterocycles. The van der Waals surface area contributed by atoms with Crippen LogP contribution in [0.25, 0.3) is 16.3 Å². The number of ether oxygens (including phenoxy) is 1. The molecule has 1 aliphatic carbocycles. The molecule has 2 aliphatic rings. The quantitative estimate of drug-likeness (QED) is 0.343. The molecule has 6 rings (SSSR count). The van der Waals surface area contributed by atoms with Gasteiger partial charge >= 0.3 is 0 Å². The summed E-state index contributed by atoms with van der Waals surface area (Å²) in [5.41, 5.74) is 6.22. The molecule has 4 nitrogen and oxygen atoms in total. The fraction of sp³-hybridized carbons (Fsp3) is 0.194. The molecule has 0 bridgehead atoms. The summed E-state index contributed by atoms with van der Waals surface area (Å²) in [5, 5.41) is 16.2. The largest absolute Gasteiger partial charge is 0.504 e. The molecule has 2 N–H and O–H groups in total. The van der Waals surface area contributed by atoms with Gasteiger partial charge in [0.25, 0.3) is 0 Å². The molecular formula is C31H27NO3. The molecular weight excluding hydrogens is 434 g/mol. The fourth-order valence-corrected chi connectivity index (χ4v) is 5.64. The van der Waals surface area contributed by atoms with E-state index in [4.69, 9.17) is 4.74 Å². The third kappa shape index (κ3) is 3.66. The van der Waals surface area contributed by atoms with Crippen LogP contribution in [0.2, 0.25) is 0 Å². The van der Waals surface area contributed by atoms with Crippen molar-refractivity contribution >= 4 is 27.8 Å². The molecule has 0 amide bonds. The number of phenols is 1. The molecule has 0 saturated heterocycles. The molecule has 1 aliphatic heterocycles. The fourth-order valence-electron chi connectivity index (χ4n) is 5.64. The zero-order chi connectivity index (χ0) is 23.9. The van der Waals surface area contributed by atoms with Crippen LogP contribution in [0.3, 0.4) is 0 Å². The van der Waals surface area contributed by atoms with Gasteiger partial charge in [0.15, 0.2) is 17.3 Å². The first-order valence-corrected chi connectivity index (χ1v) is 12.2. The molecule has 35 heavy (non-hydrogen) atoms. The van der Waals surface area contributed by atoms with Crippen LogP contribution in [0.15, 0.2) is 90.5 Å². The van der Waals surface area contributed by atoms with Crippen LogP contribution in [-0.4, -0.2) is 17.5 Å². The van der Waals surface area contributed by atoms with Crippen LogP contribution in [-0.2, 0) is 4.79 Å². The van der Waals surface area contributed by atoms with Crippen molar-refractivity contribution in [3.8, 4) is 11.5 Å². The number of allylic oxidation sites excluding steroid dienone is 1. The molecule has 0 spiro atoms. The highest BCUT2D eigenvalue weighted by Gasteiger charge is 2.38. The van der Waals surface area contributed by atoms with Crippen molar-refractivity contribution in [2.24, 2.45) is 0 Å². The van der Waals surface area contributed by atoms with Crippen molar-refractivity contribution in [2.45, 2.75) is 31.7 Å². The number of aromatic hydroxyl groups is 1. The summed E-state index contributed by atoms with van der Waals surface area (Å²) in [4.78, 5) is 13.8. The maximum absolute atomic E-state index is 13.8. The number of nitrogens with one attached hydrogen (secondary N) is 1. The van der Waals surface area contributed by atoms with Crippen molar-refractivity contribution in [3.05, 3.63) is 107 Å². The number of carbonyl (C=O) groups excluding carboxylic acids is 1. The molecule has 2 atom stereocenters. The maximum Gasteiger partial charge on any atom is 0.162 e. The van der Waals surface area contributed by atoms with Crippen LogP contribution in [0.5, 0.6) is 11.5 Å². The van der Waals surface area contributed by atoms with E-state index in [0.717, 1.165) is 45.2 Å². The molecule has 0 radical (unpaired) electrons. The second kappa shape index (κ2) is 8.62. The van der Waals surface area contributed by atoms with Gasteiger partial charge in [0, 0.05) is 23.2 Å². The van der Waals surface area contributed by atoms with Gasteiger partial charge in [-0.05, 0) is 64.9 Å². The Morgan fingerprint density at radius 2 is 1.71 bits per heavy atom. The van der Waals surface area contributed by atoms with Crippen molar-refractivity contribution in [2.75, 3.05) is 11.9 Å². The smallest absolute Gasteiger partial charge is 0.162 e. The van der Waals surface area contributed by atoms with Gasteiger partial charge in [0.2, 0.25) is 0 Å². The van der Waals surface area contributed by atoms with Gasteiger partial charge in [0.05, 0.1) is 12.6 Å². The average Bonchev–Trinajstić information content (AvgIpc) is 2.89. The van der Waals surface area contributed by atoms with Crippen LogP contribution in [0.1, 0.15) is 48.4 Å². The van der Waals surface area contributed by atoms with Gasteiger partial charge in [0.1, 0.15) is 0 Å². The van der Waals surface area contributed by atoms with Gasteiger partial charge in [-0.15, -0.1) is 0 Å². The van der Waals surface area contributed by atoms with Crippen LogP contribution >= 0.6 is 0 Å². The van der Waals surface area contributed by atoms with E-state index in [1.54, 1.807) is 6.07 Å². The van der Waals surface area contributed by atoms with Crippen molar-refractivity contribution < 1.29 is 14.6 Å². The lowest BCUT2D eigenvalue weighted by Gasteiger charge is -2.37. The lowest BCUT2D eigenvalue weighted by Crippen LogP contribution is -2.29. The highest BCUT2D eigenvalue weighted by Crippen LogP contribution is 2.51. The number of hydrogen-bond donors (Lipinski definition) is 2. The number of carbonyl (C=O) groups is 1. The minimum absolute atomic E-state index is 0.103. The number of fused-ring (bicyclic) bond motifs is 4. The number of ketones is 1. The van der Waals surface area contributed by atoms with E-state index in [0.29, 0.717) is 18.8 Å². The average molecular weight is 462 g/mol. The van der Waals surface area contributed by atoms with E-state index in [-0.39, 0.29) is 23.5 Å². The minimum Gasteiger partial charge on any atom is -0.504 e. The zero-order valence-electron chi connectivity index (χ0n) is 19.6. The first-order chi connectivity index (χ1) is 17.1. The summed E-state index contributed by atoms with van der Waals surface area (Å²) < 4.78 is 5.65. The summed E-state index contributed by atoms with van der Waals surface area (Å²) in [6.45, 7) is 2.34. The van der Waals surface area contributed by atoms with Gasteiger partial charge < -0.3 is 15.2 Å². The van der Waals surface area contributed by atoms with Gasteiger partial charge in [-0.25, -0.2) is 0 Å². The summed E-state index contributed by atoms with van der Waals surface area (Å²) in [7, 11) is 0. The summed E-state index contributed by atoms with van der Waals surface area (Å²) >= 11 is 0. The molecule has 174 valence electrons. The Morgan fingerprint density at radius 1 is 0.914 bits per heavy atom. The molecule has 2 unspecified atom stereocenters. The zero-order valence-corrected chi connectivity index (χ0v) is 19.6. The number of anilines is 1. The lowest BCUT2D eigenvalue weighted by molar-refractivity contribution is -0.116. The van der Waals surface area contributed by atoms with Gasteiger partial charge in [-0.3, -0.25) is 4.79 Å². The molecule has 0 fully saturated rings. The predicted octanol–water partition coefficient (Wildman–Crippen LogP) is 7.01. The number of hydrogen-bond acceptors (Lipinski definition) is 4. The lowest BCUT2D eigenvalue weighted by atomic mass is 9.71. The number of benzene rings is 4. The summed E-state index contributed by atoms with van der Waals surface area (Å²) in [6, 6.07) is 28.1. The molecule has 4 aromatic rings. The molecule has 4 heteroatoms. The van der Waals surface area contributed by atoms with Gasteiger partial charge in [-0.2, -0.15) is 0 Å². The Labute approximate surface area is 204 Å². The predicted molar refractivity (Wildman–Crippen MR) is 140 cm³/mol. The van der Waals surface area contributed by atoms with Gasteiger partial charge in [-0.1, -0.05) is 66.7 Å². The standard InChI is InChI=1S/C31H27NO3/c1-2-35-28-18-21(13-15-26(28)33)31-30-24(16-22(17-27(30)34)19-8-4-3-5-9-19)29-23-11-7-6-10-20(23)12-14-25(29)32-31/h3-15,18,22,31-33H,2,16-17H2,1H3. The second-order valence-corrected chi connectivity index (χ2v) is 9.28. The first-order valence-electron chi connectivity index (χ1n) is 12.2. The van der Waals surface area contributed by atoms with Crippen LogP contribution < -0.4 is 10.1 Å². The van der Waals surface area contributed by atoms with E-state index < -0.39 is 0 Å². The van der Waals surface area contributed by atoms with Crippen molar-refractivity contribution in [1.82, 2.24) is 0 Å². The first kappa shape index (κ1) is 21.5. The molecule has 4 aromatic carbocycles. The van der Waals surface area contributed by atoms with E-state index in [1.807, 2.05) is 43.3 Å². The Morgan fingerprint density at radius 3 is 2.54 bits per heavy atom. The topological polar surface area (TPSA) is 58.6 Å². The second-order valence-electron chi connectivity index (χ2n) is 9.28. The van der Waals surface area contributed by atoms with Crippen molar-refractivity contribution in [3.63, 3.8) is 0 Å². The van der Waals surface area contributed by atoms with E-state index in [9.17, 15) is 9.90 Å². The Kier molecular flexibility index (Phi) is 5.29. The molecule has 1 heterocycles. The Hall–Kier alpha value is -4.05. The SMILES string of the molecule is CCOc1cc(C2Nc3ccc4ccccc4c3C3=C2C(=O)CC(c2ccccc2)C3)ccc1O. The van der Waals surface area contributed by atoms with E-state index in [1.165, 1.54) is 5.56 Å². The van der Waals surface area contributed by atoms with E-state index >= 15 is 0 Å². The number of phenolic OH excluding ortho intramolecular Hbond substituents is 1. The highest BCUT2D eigenvalue weighted by molar-refractivity contribution is 6.13. The number of Topliss-reactive ketones (excluding diaryl/α,β-unsaturated/α-hetero) is 1. The summed E-state index contributed by atoms with van der Waals surface area (Å²) in [5.74, 6) is 0.851. The minimum atomic E-state index is -0.303. The monoisotopic (exact) mass is 461 g/mol. The maximum atomic E-state index is 13.8. The highest BCUT2D eigenvalue weighted by atomic mass is 16.5. The summed E-state index contributed by atoms with van der Waals surface area (Å²) in [6.07, 6.45) is 1.29. The Bertz CT molecular complexity index is 1470. The van der Waals surface area contributed by atoms with Crippen LogP contribution in [0.4, 0.5) is 5.69 Å². The van der Waals surface area contributed by atoms with E-state index in [2.05, 4.69) is 47.8 Å². The van der Waals surface area contributed by atoms with Crippen molar-refractivity contribution in [1.29, 1.82) is 0 Å². The third-order valence-electron chi connectivity index (χ3n) is 7.22. The van der Waals surface area contributed by atoms with Crippen LogP contribution in [0, 0.1) is 0 Å².